The quantitative estimate of drug-likeness (QED) is 0.633. The molecule has 2 rings (SSSR count). The van der Waals surface area contributed by atoms with Gasteiger partial charge in [-0.3, -0.25) is 0 Å². The summed E-state index contributed by atoms with van der Waals surface area (Å²) in [5.74, 6) is 0.801. The standard InChI is InChI=1S/C10H9N3OS/c11-6-9-10(13-14-12-9)15-7-8-4-2-1-3-5-8/h1-6,11H,7H2. The Kier molecular flexibility index (Phi) is 3.14. The Labute approximate surface area is 91.2 Å². The van der Waals surface area contributed by atoms with Gasteiger partial charge >= 0.3 is 0 Å². The second-order valence-electron chi connectivity index (χ2n) is 2.87. The monoisotopic (exact) mass is 219 g/mol. The lowest BCUT2D eigenvalue weighted by Gasteiger charge is -1.97. The lowest BCUT2D eigenvalue weighted by Crippen LogP contribution is -1.84. The van der Waals surface area contributed by atoms with Gasteiger partial charge in [-0.2, -0.15) is 0 Å². The third-order valence-electron chi connectivity index (χ3n) is 1.84. The molecule has 0 radical (unpaired) electrons. The molecule has 1 heterocycles. The van der Waals surface area contributed by atoms with E-state index in [0.717, 1.165) is 12.0 Å². The summed E-state index contributed by atoms with van der Waals surface area (Å²) in [6, 6.07) is 10.1. The maximum absolute atomic E-state index is 7.08. The van der Waals surface area contributed by atoms with Gasteiger partial charge < -0.3 is 5.41 Å². The van der Waals surface area contributed by atoms with Gasteiger partial charge in [-0.25, -0.2) is 4.63 Å². The Morgan fingerprint density at radius 1 is 1.27 bits per heavy atom. The Morgan fingerprint density at radius 2 is 2.07 bits per heavy atom. The van der Waals surface area contributed by atoms with Crippen molar-refractivity contribution < 1.29 is 4.63 Å². The van der Waals surface area contributed by atoms with Crippen molar-refractivity contribution >= 4 is 18.0 Å². The molecule has 15 heavy (non-hydrogen) atoms. The third kappa shape index (κ3) is 2.44. The van der Waals surface area contributed by atoms with E-state index < -0.39 is 0 Å². The molecule has 0 amide bonds. The SMILES string of the molecule is N=Cc1nonc1SCc1ccccc1. The fourth-order valence-electron chi connectivity index (χ4n) is 1.10. The lowest BCUT2D eigenvalue weighted by atomic mass is 10.2. The van der Waals surface area contributed by atoms with Gasteiger partial charge in [-0.05, 0) is 15.9 Å². The van der Waals surface area contributed by atoms with Crippen LogP contribution in [0.3, 0.4) is 0 Å². The molecule has 76 valence electrons. The molecule has 0 fully saturated rings. The number of nitrogens with zero attached hydrogens (tertiary/aromatic N) is 2. The van der Waals surface area contributed by atoms with E-state index in [9.17, 15) is 0 Å². The summed E-state index contributed by atoms with van der Waals surface area (Å²) >= 11 is 1.51. The molecule has 0 aliphatic rings. The molecule has 0 unspecified atom stereocenters. The van der Waals surface area contributed by atoms with Gasteiger partial charge in [-0.15, -0.1) is 0 Å². The first-order chi connectivity index (χ1) is 7.40. The fourth-order valence-corrected chi connectivity index (χ4v) is 1.93. The molecule has 0 saturated carbocycles. The highest BCUT2D eigenvalue weighted by atomic mass is 32.2. The van der Waals surface area contributed by atoms with Crippen molar-refractivity contribution in [3.8, 4) is 0 Å². The van der Waals surface area contributed by atoms with Crippen molar-refractivity contribution in [1.29, 1.82) is 5.41 Å². The molecule has 1 N–H and O–H groups in total. The Balaban J connectivity index is 2.02. The van der Waals surface area contributed by atoms with Gasteiger partial charge in [0.15, 0.2) is 10.7 Å². The largest absolute Gasteiger partial charge is 0.306 e. The van der Waals surface area contributed by atoms with Gasteiger partial charge in [0.2, 0.25) is 0 Å². The molecular formula is C10H9N3OS. The summed E-state index contributed by atoms with van der Waals surface area (Å²) in [5.41, 5.74) is 1.69. The van der Waals surface area contributed by atoms with Crippen LogP contribution in [0.5, 0.6) is 0 Å². The van der Waals surface area contributed by atoms with E-state index in [0.29, 0.717) is 10.7 Å². The van der Waals surface area contributed by atoms with Crippen LogP contribution in [0, 0.1) is 5.41 Å². The molecule has 0 aliphatic heterocycles. The first-order valence-corrected chi connectivity index (χ1v) is 5.38. The lowest BCUT2D eigenvalue weighted by molar-refractivity contribution is 0.298. The van der Waals surface area contributed by atoms with Crippen LogP contribution in [0.2, 0.25) is 0 Å². The summed E-state index contributed by atoms with van der Waals surface area (Å²) < 4.78 is 4.55. The third-order valence-corrected chi connectivity index (χ3v) is 2.87. The van der Waals surface area contributed by atoms with Crippen LogP contribution < -0.4 is 0 Å². The number of aromatic nitrogens is 2. The van der Waals surface area contributed by atoms with Crippen LogP contribution in [-0.4, -0.2) is 16.5 Å². The number of thioether (sulfide) groups is 1. The minimum atomic E-state index is 0.482. The molecule has 1 aromatic heterocycles. The van der Waals surface area contributed by atoms with Crippen molar-refractivity contribution in [3.05, 3.63) is 41.6 Å². The van der Waals surface area contributed by atoms with E-state index in [2.05, 4.69) is 14.9 Å². The summed E-state index contributed by atoms with van der Waals surface area (Å²) in [6.45, 7) is 0. The first-order valence-electron chi connectivity index (χ1n) is 4.40. The molecule has 0 bridgehead atoms. The van der Waals surface area contributed by atoms with Crippen LogP contribution in [-0.2, 0) is 5.75 Å². The van der Waals surface area contributed by atoms with Crippen molar-refractivity contribution in [2.75, 3.05) is 0 Å². The van der Waals surface area contributed by atoms with Gasteiger partial charge in [-0.1, -0.05) is 42.1 Å². The van der Waals surface area contributed by atoms with E-state index in [1.165, 1.54) is 17.3 Å². The predicted molar refractivity (Wildman–Crippen MR) is 58.2 cm³/mol. The smallest absolute Gasteiger partial charge is 0.170 e. The van der Waals surface area contributed by atoms with E-state index in [-0.39, 0.29) is 0 Å². The van der Waals surface area contributed by atoms with E-state index in [4.69, 9.17) is 5.41 Å². The molecule has 0 atom stereocenters. The maximum atomic E-state index is 7.08. The average molecular weight is 219 g/mol. The van der Waals surface area contributed by atoms with Gasteiger partial charge in [0.05, 0.1) is 0 Å². The zero-order valence-corrected chi connectivity index (χ0v) is 8.70. The number of benzene rings is 1. The molecule has 0 saturated heterocycles. The number of hydrogen-bond donors (Lipinski definition) is 1. The molecule has 2 aromatic rings. The maximum Gasteiger partial charge on any atom is 0.170 e. The highest BCUT2D eigenvalue weighted by molar-refractivity contribution is 7.98. The zero-order chi connectivity index (χ0) is 10.5. The van der Waals surface area contributed by atoms with Crippen LogP contribution >= 0.6 is 11.8 Å². The summed E-state index contributed by atoms with van der Waals surface area (Å²) in [5, 5.41) is 15.1. The molecule has 0 spiro atoms. The van der Waals surface area contributed by atoms with Crippen molar-refractivity contribution in [2.45, 2.75) is 10.8 Å². The van der Waals surface area contributed by atoms with Crippen LogP contribution in [0.4, 0.5) is 0 Å². The predicted octanol–water partition coefficient (Wildman–Crippen LogP) is 2.36. The Morgan fingerprint density at radius 3 is 2.80 bits per heavy atom. The molecule has 1 aromatic carbocycles. The van der Waals surface area contributed by atoms with Gasteiger partial charge in [0, 0.05) is 12.0 Å². The summed E-state index contributed by atoms with van der Waals surface area (Å²) in [4.78, 5) is 0. The van der Waals surface area contributed by atoms with E-state index in [1.807, 2.05) is 30.3 Å². The van der Waals surface area contributed by atoms with Crippen LogP contribution in [0.25, 0.3) is 0 Å². The Bertz CT molecular complexity index is 441. The zero-order valence-electron chi connectivity index (χ0n) is 7.88. The number of hydrogen-bond acceptors (Lipinski definition) is 5. The fraction of sp³-hybridized carbons (Fsp3) is 0.100. The van der Waals surface area contributed by atoms with E-state index >= 15 is 0 Å². The van der Waals surface area contributed by atoms with Crippen molar-refractivity contribution in [2.24, 2.45) is 0 Å². The molecule has 5 heteroatoms. The van der Waals surface area contributed by atoms with Crippen LogP contribution in [0.15, 0.2) is 40.0 Å². The topological polar surface area (TPSA) is 62.8 Å². The van der Waals surface area contributed by atoms with Crippen LogP contribution in [0.1, 0.15) is 11.3 Å². The first kappa shape index (κ1) is 9.92. The summed E-state index contributed by atoms with van der Waals surface area (Å²) in [7, 11) is 0. The minimum absolute atomic E-state index is 0.482. The Hall–Kier alpha value is -1.62. The van der Waals surface area contributed by atoms with Gasteiger partial charge in [0.1, 0.15) is 0 Å². The number of nitrogens with one attached hydrogen (secondary N) is 1. The highest BCUT2D eigenvalue weighted by Crippen LogP contribution is 2.22. The molecule has 4 nitrogen and oxygen atoms in total. The summed E-state index contributed by atoms with van der Waals surface area (Å²) in [6.07, 6.45) is 1.14. The highest BCUT2D eigenvalue weighted by Gasteiger charge is 2.07. The average Bonchev–Trinajstić information content (AvgIpc) is 2.75. The number of rotatable bonds is 4. The van der Waals surface area contributed by atoms with Crippen molar-refractivity contribution in [1.82, 2.24) is 10.3 Å². The second kappa shape index (κ2) is 4.75. The minimum Gasteiger partial charge on any atom is -0.306 e. The van der Waals surface area contributed by atoms with Crippen molar-refractivity contribution in [3.63, 3.8) is 0 Å². The normalized spacial score (nSPS) is 10.1. The molecule has 0 aliphatic carbocycles. The van der Waals surface area contributed by atoms with E-state index in [1.54, 1.807) is 0 Å². The van der Waals surface area contributed by atoms with Gasteiger partial charge in [0.25, 0.3) is 0 Å². The molecular weight excluding hydrogens is 210 g/mol. The second-order valence-corrected chi connectivity index (χ2v) is 3.84.